The van der Waals surface area contributed by atoms with Gasteiger partial charge in [0.05, 0.1) is 5.76 Å². The van der Waals surface area contributed by atoms with Gasteiger partial charge in [0.25, 0.3) is 0 Å². The van der Waals surface area contributed by atoms with Crippen molar-refractivity contribution in [3.63, 3.8) is 0 Å². The van der Waals surface area contributed by atoms with E-state index in [9.17, 15) is 9.90 Å². The highest BCUT2D eigenvalue weighted by Gasteiger charge is 2.60. The van der Waals surface area contributed by atoms with Crippen LogP contribution in [0.3, 0.4) is 0 Å². The van der Waals surface area contributed by atoms with E-state index in [1.165, 1.54) is 32.1 Å². The molecule has 4 aliphatic rings. The molecule has 1 N–H and O–H groups in total. The summed E-state index contributed by atoms with van der Waals surface area (Å²) in [6.45, 7) is 6.74. The maximum atomic E-state index is 12.2. The van der Waals surface area contributed by atoms with Gasteiger partial charge in [-0.2, -0.15) is 0 Å². The molecule has 7 atom stereocenters. The van der Waals surface area contributed by atoms with Crippen molar-refractivity contribution in [1.29, 1.82) is 0 Å². The smallest absolute Gasteiger partial charge is 0.133 e. The first-order valence-corrected chi connectivity index (χ1v) is 9.74. The Balaban J connectivity index is 1.64. The molecule has 4 rings (SSSR count). The molecule has 0 aliphatic heterocycles. The molecule has 0 bridgehead atoms. The lowest BCUT2D eigenvalue weighted by Gasteiger charge is -2.59. The minimum Gasteiger partial charge on any atom is -0.513 e. The fourth-order valence-corrected chi connectivity index (χ4v) is 7.53. The quantitative estimate of drug-likeness (QED) is 0.714. The second-order valence-electron chi connectivity index (χ2n) is 9.55. The Morgan fingerprint density at radius 3 is 2.57 bits per heavy atom. The zero-order valence-corrected chi connectivity index (χ0v) is 15.0. The molecule has 1 unspecified atom stereocenters. The van der Waals surface area contributed by atoms with Crippen molar-refractivity contribution in [2.45, 2.75) is 72.1 Å². The number of ketones is 1. The van der Waals surface area contributed by atoms with E-state index in [0.717, 1.165) is 37.0 Å². The predicted octanol–water partition coefficient (Wildman–Crippen LogP) is 5.29. The molecule has 0 spiro atoms. The molecule has 0 saturated heterocycles. The molecule has 0 amide bonds. The predicted molar refractivity (Wildman–Crippen MR) is 92.0 cm³/mol. The second kappa shape index (κ2) is 5.10. The maximum Gasteiger partial charge on any atom is 0.133 e. The number of rotatable bonds is 1. The average Bonchev–Trinajstić information content (AvgIpc) is 2.85. The molecule has 2 nitrogen and oxygen atoms in total. The van der Waals surface area contributed by atoms with Crippen molar-refractivity contribution in [2.24, 2.45) is 40.4 Å². The van der Waals surface area contributed by atoms with Gasteiger partial charge in [-0.3, -0.25) is 4.79 Å². The summed E-state index contributed by atoms with van der Waals surface area (Å²) in [7, 11) is 0. The molecular formula is C21H32O2. The summed E-state index contributed by atoms with van der Waals surface area (Å²) in [6, 6.07) is 0. The van der Waals surface area contributed by atoms with Crippen LogP contribution in [0.15, 0.2) is 11.8 Å². The minimum atomic E-state index is 0.267. The zero-order valence-electron chi connectivity index (χ0n) is 15.0. The van der Waals surface area contributed by atoms with E-state index >= 15 is 0 Å². The fraction of sp³-hybridized carbons (Fsp3) is 0.857. The third kappa shape index (κ3) is 2.09. The van der Waals surface area contributed by atoms with Gasteiger partial charge in [0.2, 0.25) is 0 Å². The Morgan fingerprint density at radius 2 is 1.83 bits per heavy atom. The molecule has 0 aromatic carbocycles. The lowest BCUT2D eigenvalue weighted by atomic mass is 9.45. The van der Waals surface area contributed by atoms with Crippen LogP contribution in [0.5, 0.6) is 0 Å². The maximum absolute atomic E-state index is 12.2. The summed E-state index contributed by atoms with van der Waals surface area (Å²) in [5.74, 6) is 4.41. The van der Waals surface area contributed by atoms with Crippen LogP contribution in [0.2, 0.25) is 0 Å². The Morgan fingerprint density at radius 1 is 1.09 bits per heavy atom. The number of hydrogen-bond donors (Lipinski definition) is 1. The van der Waals surface area contributed by atoms with Crippen LogP contribution in [0.4, 0.5) is 0 Å². The summed E-state index contributed by atoms with van der Waals surface area (Å²) in [5.41, 5.74) is 0.646. The van der Waals surface area contributed by atoms with Crippen molar-refractivity contribution >= 4 is 5.78 Å². The van der Waals surface area contributed by atoms with E-state index in [1.807, 2.05) is 6.92 Å². The van der Waals surface area contributed by atoms with Crippen LogP contribution < -0.4 is 0 Å². The van der Waals surface area contributed by atoms with Crippen molar-refractivity contribution in [2.75, 3.05) is 0 Å². The van der Waals surface area contributed by atoms with Crippen LogP contribution in [-0.4, -0.2) is 10.9 Å². The molecular weight excluding hydrogens is 284 g/mol. The highest BCUT2D eigenvalue weighted by atomic mass is 16.3. The molecule has 0 aromatic heterocycles. The molecule has 4 aliphatic carbocycles. The Bertz CT molecular complexity index is 550. The van der Waals surface area contributed by atoms with E-state index in [2.05, 4.69) is 19.9 Å². The minimum absolute atomic E-state index is 0.267. The summed E-state index contributed by atoms with van der Waals surface area (Å²) >= 11 is 0. The van der Waals surface area contributed by atoms with E-state index in [1.54, 1.807) is 0 Å². The molecule has 23 heavy (non-hydrogen) atoms. The van der Waals surface area contributed by atoms with Gasteiger partial charge in [0.1, 0.15) is 5.78 Å². The van der Waals surface area contributed by atoms with Crippen LogP contribution >= 0.6 is 0 Å². The van der Waals surface area contributed by atoms with Gasteiger partial charge in [0, 0.05) is 12.3 Å². The number of fused-ring (bicyclic) bond motifs is 5. The Hall–Kier alpha value is -0.790. The molecule has 0 radical (unpaired) electrons. The van der Waals surface area contributed by atoms with Crippen molar-refractivity contribution in [3.8, 4) is 0 Å². The summed E-state index contributed by atoms with van der Waals surface area (Å²) in [5, 5.41) is 9.97. The first-order valence-electron chi connectivity index (χ1n) is 9.74. The van der Waals surface area contributed by atoms with Crippen LogP contribution in [-0.2, 0) is 4.79 Å². The van der Waals surface area contributed by atoms with Gasteiger partial charge in [-0.15, -0.1) is 0 Å². The number of carbonyl (C=O) groups is 1. The molecule has 128 valence electrons. The SMILES string of the molecule is CC(=O)[C@H]1CC[C@H]2[C@@H]3CCC4CC(O)=CC[C@]4(C)[C@H]3CC[C@]12C. The number of carbonyl (C=O) groups excluding carboxylic acids is 1. The van der Waals surface area contributed by atoms with Crippen LogP contribution in [0, 0.1) is 40.4 Å². The lowest BCUT2D eigenvalue weighted by molar-refractivity contribution is -0.131. The van der Waals surface area contributed by atoms with Crippen LogP contribution in [0.1, 0.15) is 72.1 Å². The van der Waals surface area contributed by atoms with E-state index in [-0.39, 0.29) is 5.41 Å². The number of aliphatic hydroxyl groups excluding tert-OH is 1. The topological polar surface area (TPSA) is 37.3 Å². The first kappa shape index (κ1) is 15.7. The van der Waals surface area contributed by atoms with Gasteiger partial charge in [-0.25, -0.2) is 0 Å². The van der Waals surface area contributed by atoms with E-state index in [0.29, 0.717) is 28.8 Å². The first-order chi connectivity index (χ1) is 10.9. The second-order valence-corrected chi connectivity index (χ2v) is 9.55. The largest absolute Gasteiger partial charge is 0.513 e. The average molecular weight is 316 g/mol. The van der Waals surface area contributed by atoms with Crippen molar-refractivity contribution in [1.82, 2.24) is 0 Å². The number of aliphatic hydroxyl groups is 1. The summed E-state index contributed by atoms with van der Waals surface area (Å²) in [4.78, 5) is 12.2. The molecule has 0 heterocycles. The van der Waals surface area contributed by atoms with Gasteiger partial charge in [-0.05, 0) is 92.4 Å². The number of allylic oxidation sites excluding steroid dienone is 2. The molecule has 2 heteroatoms. The Labute approximate surface area is 140 Å². The lowest BCUT2D eigenvalue weighted by Crippen LogP contribution is -2.52. The fourth-order valence-electron chi connectivity index (χ4n) is 7.53. The summed E-state index contributed by atoms with van der Waals surface area (Å²) < 4.78 is 0. The zero-order chi connectivity index (χ0) is 16.4. The standard InChI is InChI=1S/C21H32O2/c1-13(22)17-6-7-18-16-5-4-14-12-15(23)8-10-20(14,2)19(16)9-11-21(17,18)3/h8,14,16-19,23H,4-7,9-12H2,1-3H3/t14?,16-,17+,18-,19-,20-,21+/m0/s1. The highest BCUT2D eigenvalue weighted by molar-refractivity contribution is 5.79. The summed E-state index contributed by atoms with van der Waals surface area (Å²) in [6.07, 6.45) is 11.6. The Kier molecular flexibility index (Phi) is 3.49. The molecule has 3 saturated carbocycles. The van der Waals surface area contributed by atoms with Crippen molar-refractivity contribution < 1.29 is 9.90 Å². The van der Waals surface area contributed by atoms with Gasteiger partial charge in [-0.1, -0.05) is 13.8 Å². The van der Waals surface area contributed by atoms with Gasteiger partial charge < -0.3 is 5.11 Å². The highest BCUT2D eigenvalue weighted by Crippen LogP contribution is 2.67. The molecule has 0 aromatic rings. The number of hydrogen-bond acceptors (Lipinski definition) is 2. The normalized spacial score (nSPS) is 52.1. The van der Waals surface area contributed by atoms with E-state index in [4.69, 9.17) is 0 Å². The molecule has 3 fully saturated rings. The third-order valence-electron chi connectivity index (χ3n) is 8.79. The van der Waals surface area contributed by atoms with Gasteiger partial charge in [0.15, 0.2) is 0 Å². The van der Waals surface area contributed by atoms with E-state index < -0.39 is 0 Å². The van der Waals surface area contributed by atoms with Crippen molar-refractivity contribution in [3.05, 3.63) is 11.8 Å². The van der Waals surface area contributed by atoms with Gasteiger partial charge >= 0.3 is 0 Å². The number of Topliss-reactive ketones (excluding diaryl/α,β-unsaturated/α-hetero) is 1. The van der Waals surface area contributed by atoms with Crippen LogP contribution in [0.25, 0.3) is 0 Å². The monoisotopic (exact) mass is 316 g/mol. The third-order valence-corrected chi connectivity index (χ3v) is 8.79.